The summed E-state index contributed by atoms with van der Waals surface area (Å²) in [7, 11) is 0. The molecule has 2 aromatic carbocycles. The Bertz CT molecular complexity index is 889. The molecule has 0 aliphatic carbocycles. The number of anilines is 1. The first-order chi connectivity index (χ1) is 12.7. The van der Waals surface area contributed by atoms with E-state index in [2.05, 4.69) is 44.7 Å². The lowest BCUT2D eigenvalue weighted by Crippen LogP contribution is -2.21. The van der Waals surface area contributed by atoms with Crippen molar-refractivity contribution < 1.29 is 4.79 Å². The van der Waals surface area contributed by atoms with Gasteiger partial charge >= 0.3 is 0 Å². The smallest absolute Gasteiger partial charge is 0.232 e. The molecular formula is C21H22N4O. The van der Waals surface area contributed by atoms with Crippen molar-refractivity contribution in [1.29, 1.82) is 0 Å². The van der Waals surface area contributed by atoms with E-state index in [9.17, 15) is 4.79 Å². The second-order valence-electron chi connectivity index (χ2n) is 6.78. The van der Waals surface area contributed by atoms with E-state index in [0.29, 0.717) is 0 Å². The fraction of sp³-hybridized carbons (Fsp3) is 0.238. The molecule has 0 saturated carbocycles. The van der Waals surface area contributed by atoms with E-state index in [-0.39, 0.29) is 11.8 Å². The summed E-state index contributed by atoms with van der Waals surface area (Å²) >= 11 is 0. The predicted molar refractivity (Wildman–Crippen MR) is 101 cm³/mol. The summed E-state index contributed by atoms with van der Waals surface area (Å²) in [6.45, 7) is 4.38. The first-order valence-electron chi connectivity index (χ1n) is 8.89. The minimum absolute atomic E-state index is 0.0239. The molecule has 4 rings (SSSR count). The van der Waals surface area contributed by atoms with Crippen LogP contribution in [0.15, 0.2) is 60.7 Å². The van der Waals surface area contributed by atoms with Crippen LogP contribution in [0.4, 0.5) is 5.82 Å². The van der Waals surface area contributed by atoms with Gasteiger partial charge in [-0.3, -0.25) is 14.8 Å². The summed E-state index contributed by atoms with van der Waals surface area (Å²) < 4.78 is 0. The molecule has 1 atom stereocenters. The Hall–Kier alpha value is -2.92. The van der Waals surface area contributed by atoms with Crippen molar-refractivity contribution in [1.82, 2.24) is 15.1 Å². The Morgan fingerprint density at radius 1 is 1.12 bits per heavy atom. The van der Waals surface area contributed by atoms with Gasteiger partial charge in [-0.15, -0.1) is 0 Å². The Kier molecular flexibility index (Phi) is 4.54. The number of rotatable bonds is 5. The zero-order chi connectivity index (χ0) is 17.9. The second kappa shape index (κ2) is 7.14. The molecule has 1 amide bonds. The fourth-order valence-corrected chi connectivity index (χ4v) is 3.38. The summed E-state index contributed by atoms with van der Waals surface area (Å²) in [5, 5.41) is 10.4. The van der Waals surface area contributed by atoms with Crippen LogP contribution in [0.3, 0.4) is 0 Å². The minimum Gasteiger partial charge on any atom is -0.310 e. The van der Waals surface area contributed by atoms with Crippen molar-refractivity contribution in [2.45, 2.75) is 32.5 Å². The molecule has 1 unspecified atom stereocenters. The van der Waals surface area contributed by atoms with Crippen molar-refractivity contribution in [3.8, 4) is 0 Å². The van der Waals surface area contributed by atoms with E-state index < -0.39 is 0 Å². The van der Waals surface area contributed by atoms with Crippen molar-refractivity contribution in [2.75, 3.05) is 5.32 Å². The number of aromatic amines is 1. The van der Waals surface area contributed by atoms with Crippen LogP contribution in [-0.4, -0.2) is 21.0 Å². The lowest BCUT2D eigenvalue weighted by Gasteiger charge is -2.16. The first-order valence-corrected chi connectivity index (χ1v) is 8.89. The Labute approximate surface area is 153 Å². The molecule has 0 fully saturated rings. The van der Waals surface area contributed by atoms with E-state index in [4.69, 9.17) is 0 Å². The number of amides is 1. The van der Waals surface area contributed by atoms with Crippen molar-refractivity contribution >= 4 is 11.7 Å². The van der Waals surface area contributed by atoms with E-state index >= 15 is 0 Å². The highest BCUT2D eigenvalue weighted by Crippen LogP contribution is 2.29. The van der Waals surface area contributed by atoms with Crippen LogP contribution in [-0.2, 0) is 24.4 Å². The average molecular weight is 346 g/mol. The molecule has 5 nitrogen and oxygen atoms in total. The topological polar surface area (TPSA) is 61.0 Å². The maximum atomic E-state index is 12.6. The van der Waals surface area contributed by atoms with E-state index in [1.165, 1.54) is 5.56 Å². The van der Waals surface area contributed by atoms with Gasteiger partial charge in [0, 0.05) is 25.2 Å². The van der Waals surface area contributed by atoms with Crippen LogP contribution < -0.4 is 5.32 Å². The Balaban J connectivity index is 1.43. The molecule has 0 saturated heterocycles. The number of aromatic nitrogens is 2. The third-order valence-electron chi connectivity index (χ3n) is 4.90. The molecule has 26 heavy (non-hydrogen) atoms. The van der Waals surface area contributed by atoms with Gasteiger partial charge in [-0.25, -0.2) is 0 Å². The first kappa shape index (κ1) is 16.5. The number of hydrogen-bond donors (Lipinski definition) is 2. The normalized spacial score (nSPS) is 14.8. The SMILES string of the molecule is CC(C(=O)Nc1[nH]nc2c1CN(Cc1ccccc1)C2)c1ccccc1. The lowest BCUT2D eigenvalue weighted by atomic mass is 10.0. The molecule has 1 aliphatic heterocycles. The maximum absolute atomic E-state index is 12.6. The van der Waals surface area contributed by atoms with Gasteiger partial charge in [0.1, 0.15) is 5.82 Å². The van der Waals surface area contributed by atoms with Crippen LogP contribution in [0, 0.1) is 0 Å². The second-order valence-corrected chi connectivity index (χ2v) is 6.78. The Morgan fingerprint density at radius 2 is 1.81 bits per heavy atom. The molecular weight excluding hydrogens is 324 g/mol. The van der Waals surface area contributed by atoms with Gasteiger partial charge in [0.15, 0.2) is 0 Å². The number of fused-ring (bicyclic) bond motifs is 1. The van der Waals surface area contributed by atoms with E-state index in [1.807, 2.05) is 43.3 Å². The molecule has 3 aromatic rings. The third kappa shape index (κ3) is 3.39. The summed E-state index contributed by atoms with van der Waals surface area (Å²) in [5.41, 5.74) is 4.40. The molecule has 132 valence electrons. The number of hydrogen-bond acceptors (Lipinski definition) is 3. The van der Waals surface area contributed by atoms with Crippen LogP contribution in [0.1, 0.15) is 35.2 Å². The number of carbonyl (C=O) groups is 1. The zero-order valence-corrected chi connectivity index (χ0v) is 14.8. The molecule has 1 aromatic heterocycles. The van der Waals surface area contributed by atoms with Crippen LogP contribution in [0.2, 0.25) is 0 Å². The summed E-state index contributed by atoms with van der Waals surface area (Å²) in [5.74, 6) is 0.490. The largest absolute Gasteiger partial charge is 0.310 e. The van der Waals surface area contributed by atoms with E-state index in [1.54, 1.807) is 0 Å². The minimum atomic E-state index is -0.211. The van der Waals surface area contributed by atoms with Gasteiger partial charge in [0.2, 0.25) is 5.91 Å². The quantitative estimate of drug-likeness (QED) is 0.741. The van der Waals surface area contributed by atoms with Crippen molar-refractivity contribution in [3.05, 3.63) is 83.0 Å². The van der Waals surface area contributed by atoms with Gasteiger partial charge in [0.25, 0.3) is 0 Å². The number of H-pyrrole nitrogens is 1. The Morgan fingerprint density at radius 3 is 2.54 bits per heavy atom. The summed E-state index contributed by atoms with van der Waals surface area (Å²) in [6.07, 6.45) is 0. The average Bonchev–Trinajstić information content (AvgIpc) is 3.24. The number of nitrogens with zero attached hydrogens (tertiary/aromatic N) is 2. The standard InChI is InChI=1S/C21H22N4O/c1-15(17-10-6-3-7-11-17)21(26)22-20-18-13-25(14-19(18)23-24-20)12-16-8-4-2-5-9-16/h2-11,15H,12-14H2,1H3,(H2,22,23,24,26). The number of carbonyl (C=O) groups excluding carboxylic acids is 1. The van der Waals surface area contributed by atoms with Crippen LogP contribution in [0.5, 0.6) is 0 Å². The molecule has 0 spiro atoms. The van der Waals surface area contributed by atoms with Gasteiger partial charge in [-0.2, -0.15) is 5.10 Å². The highest BCUT2D eigenvalue weighted by molar-refractivity contribution is 5.95. The lowest BCUT2D eigenvalue weighted by molar-refractivity contribution is -0.117. The van der Waals surface area contributed by atoms with Gasteiger partial charge in [-0.1, -0.05) is 60.7 Å². The summed E-state index contributed by atoms with van der Waals surface area (Å²) in [6, 6.07) is 20.2. The fourth-order valence-electron chi connectivity index (χ4n) is 3.38. The zero-order valence-electron chi connectivity index (χ0n) is 14.8. The van der Waals surface area contributed by atoms with Gasteiger partial charge < -0.3 is 5.32 Å². The van der Waals surface area contributed by atoms with Crippen LogP contribution in [0.25, 0.3) is 0 Å². The highest BCUT2D eigenvalue weighted by Gasteiger charge is 2.26. The molecule has 0 bridgehead atoms. The number of benzene rings is 2. The molecule has 2 heterocycles. The van der Waals surface area contributed by atoms with Gasteiger partial charge in [0.05, 0.1) is 11.6 Å². The third-order valence-corrected chi connectivity index (χ3v) is 4.90. The van der Waals surface area contributed by atoms with Crippen molar-refractivity contribution in [2.24, 2.45) is 0 Å². The molecule has 0 radical (unpaired) electrons. The van der Waals surface area contributed by atoms with Crippen molar-refractivity contribution in [3.63, 3.8) is 0 Å². The maximum Gasteiger partial charge on any atom is 0.232 e. The molecule has 2 N–H and O–H groups in total. The predicted octanol–water partition coefficient (Wildman–Crippen LogP) is 3.67. The highest BCUT2D eigenvalue weighted by atomic mass is 16.1. The summed E-state index contributed by atoms with van der Waals surface area (Å²) in [4.78, 5) is 14.9. The van der Waals surface area contributed by atoms with Crippen LogP contribution >= 0.6 is 0 Å². The van der Waals surface area contributed by atoms with E-state index in [0.717, 1.165) is 42.3 Å². The number of nitrogens with one attached hydrogen (secondary N) is 2. The monoisotopic (exact) mass is 346 g/mol. The van der Waals surface area contributed by atoms with Gasteiger partial charge in [-0.05, 0) is 18.1 Å². The molecule has 5 heteroatoms. The molecule has 1 aliphatic rings.